The van der Waals surface area contributed by atoms with E-state index in [1.165, 1.54) is 62.5 Å². The van der Waals surface area contributed by atoms with Crippen LogP contribution in [0.25, 0.3) is 0 Å². The second-order valence-corrected chi connectivity index (χ2v) is 7.78. The second kappa shape index (κ2) is 5.76. The Morgan fingerprint density at radius 1 is 1.00 bits per heavy atom. The summed E-state index contributed by atoms with van der Waals surface area (Å²) in [7, 11) is 0. The van der Waals surface area contributed by atoms with E-state index >= 15 is 0 Å². The monoisotopic (exact) mass is 284 g/mol. The molecule has 114 valence electrons. The highest BCUT2D eigenvalue weighted by molar-refractivity contribution is 5.39. The van der Waals surface area contributed by atoms with Crippen LogP contribution in [0.1, 0.15) is 68.4 Å². The van der Waals surface area contributed by atoms with Gasteiger partial charge in [0.2, 0.25) is 0 Å². The molecule has 0 aliphatic heterocycles. The van der Waals surface area contributed by atoms with E-state index in [0.717, 1.165) is 18.3 Å². The fourth-order valence-corrected chi connectivity index (χ4v) is 5.32. The molecule has 5 unspecified atom stereocenters. The summed E-state index contributed by atoms with van der Waals surface area (Å²) in [6, 6.07) is 8.78. The molecular weight excluding hydrogens is 256 g/mol. The largest absolute Gasteiger partial charge is 0.393 e. The molecule has 0 spiro atoms. The van der Waals surface area contributed by atoms with Crippen LogP contribution in [0.15, 0.2) is 24.3 Å². The van der Waals surface area contributed by atoms with Gasteiger partial charge in [0.25, 0.3) is 0 Å². The molecule has 2 saturated carbocycles. The maximum absolute atomic E-state index is 10.7. The molecule has 0 heterocycles. The Kier molecular flexibility index (Phi) is 3.79. The van der Waals surface area contributed by atoms with Crippen LogP contribution in [0.5, 0.6) is 0 Å². The van der Waals surface area contributed by atoms with Gasteiger partial charge >= 0.3 is 0 Å². The zero-order chi connectivity index (χ0) is 14.2. The highest BCUT2D eigenvalue weighted by atomic mass is 16.3. The van der Waals surface area contributed by atoms with Gasteiger partial charge in [0.05, 0.1) is 6.10 Å². The number of fused-ring (bicyclic) bond motifs is 2. The molecule has 3 aliphatic rings. The van der Waals surface area contributed by atoms with Crippen LogP contribution in [0.4, 0.5) is 0 Å². The van der Waals surface area contributed by atoms with Crippen LogP contribution >= 0.6 is 0 Å². The molecule has 4 rings (SSSR count). The van der Waals surface area contributed by atoms with E-state index in [9.17, 15) is 5.11 Å². The zero-order valence-electron chi connectivity index (χ0n) is 13.0. The molecule has 21 heavy (non-hydrogen) atoms. The van der Waals surface area contributed by atoms with Crippen molar-refractivity contribution < 1.29 is 5.11 Å². The van der Waals surface area contributed by atoms with E-state index in [0.29, 0.717) is 11.8 Å². The summed E-state index contributed by atoms with van der Waals surface area (Å²) in [5, 5.41) is 10.7. The predicted octanol–water partition coefficient (Wildman–Crippen LogP) is 4.68. The van der Waals surface area contributed by atoms with Crippen LogP contribution in [0.3, 0.4) is 0 Å². The molecule has 1 heteroatoms. The summed E-state index contributed by atoms with van der Waals surface area (Å²) in [5.41, 5.74) is 3.01. The first-order chi connectivity index (χ1) is 10.3. The maximum atomic E-state index is 10.7. The van der Waals surface area contributed by atoms with Crippen molar-refractivity contribution in [2.75, 3.05) is 0 Å². The van der Waals surface area contributed by atoms with Crippen LogP contribution in [0.2, 0.25) is 0 Å². The molecule has 0 saturated heterocycles. The second-order valence-electron chi connectivity index (χ2n) is 7.78. The van der Waals surface area contributed by atoms with Crippen molar-refractivity contribution in [2.45, 2.75) is 69.8 Å². The van der Waals surface area contributed by atoms with Gasteiger partial charge in [0.15, 0.2) is 0 Å². The summed E-state index contributed by atoms with van der Waals surface area (Å²) in [6.45, 7) is 0. The topological polar surface area (TPSA) is 20.2 Å². The molecule has 1 aromatic rings. The third-order valence-electron chi connectivity index (χ3n) is 6.61. The van der Waals surface area contributed by atoms with Gasteiger partial charge in [-0.2, -0.15) is 0 Å². The van der Waals surface area contributed by atoms with Gasteiger partial charge in [0, 0.05) is 0 Å². The van der Waals surface area contributed by atoms with E-state index < -0.39 is 0 Å². The number of hydrogen-bond acceptors (Lipinski definition) is 1. The minimum Gasteiger partial charge on any atom is -0.393 e. The lowest BCUT2D eigenvalue weighted by Crippen LogP contribution is -2.35. The standard InChI is InChI=1S/C20H28O/c21-20(13-18-12-16-7-3-4-8-19(16)18)17-10-9-14-5-1-2-6-15(14)11-17/h3-4,7-8,14-15,17-18,20-21H,1-2,5-6,9-13H2. The van der Waals surface area contributed by atoms with E-state index in [4.69, 9.17) is 0 Å². The fourth-order valence-electron chi connectivity index (χ4n) is 5.32. The summed E-state index contributed by atoms with van der Waals surface area (Å²) in [4.78, 5) is 0. The summed E-state index contributed by atoms with van der Waals surface area (Å²) < 4.78 is 0. The first-order valence-electron chi connectivity index (χ1n) is 9.07. The summed E-state index contributed by atoms with van der Waals surface area (Å²) in [6.07, 6.45) is 11.9. The van der Waals surface area contributed by atoms with Crippen molar-refractivity contribution in [3.05, 3.63) is 35.4 Å². The lowest BCUT2D eigenvalue weighted by atomic mass is 9.65. The van der Waals surface area contributed by atoms with Crippen molar-refractivity contribution in [3.8, 4) is 0 Å². The number of hydrogen-bond donors (Lipinski definition) is 1. The maximum Gasteiger partial charge on any atom is 0.0574 e. The van der Waals surface area contributed by atoms with E-state index in [2.05, 4.69) is 24.3 Å². The summed E-state index contributed by atoms with van der Waals surface area (Å²) >= 11 is 0. The average Bonchev–Trinajstić information content (AvgIpc) is 2.52. The summed E-state index contributed by atoms with van der Waals surface area (Å²) in [5.74, 6) is 3.13. The van der Waals surface area contributed by atoms with Gasteiger partial charge in [-0.3, -0.25) is 0 Å². The van der Waals surface area contributed by atoms with Crippen molar-refractivity contribution in [2.24, 2.45) is 17.8 Å². The lowest BCUT2D eigenvalue weighted by molar-refractivity contribution is 0.0260. The molecule has 1 aromatic carbocycles. The number of aliphatic hydroxyl groups is 1. The Bertz CT molecular complexity index is 494. The minimum atomic E-state index is -0.0637. The Hall–Kier alpha value is -0.820. The van der Waals surface area contributed by atoms with Gasteiger partial charge in [-0.15, -0.1) is 0 Å². The Morgan fingerprint density at radius 3 is 2.67 bits per heavy atom. The Labute approximate surface area is 128 Å². The van der Waals surface area contributed by atoms with Crippen LogP contribution in [-0.4, -0.2) is 11.2 Å². The molecule has 0 aromatic heterocycles. The van der Waals surface area contributed by atoms with E-state index in [1.807, 2.05) is 0 Å². The van der Waals surface area contributed by atoms with E-state index in [1.54, 1.807) is 0 Å². The van der Waals surface area contributed by atoms with Crippen LogP contribution in [-0.2, 0) is 6.42 Å². The molecule has 0 bridgehead atoms. The van der Waals surface area contributed by atoms with Crippen molar-refractivity contribution in [1.82, 2.24) is 0 Å². The fraction of sp³-hybridized carbons (Fsp3) is 0.700. The number of rotatable bonds is 3. The third kappa shape index (κ3) is 2.65. The zero-order valence-corrected chi connectivity index (χ0v) is 13.0. The molecule has 3 aliphatic carbocycles. The van der Waals surface area contributed by atoms with Gasteiger partial charge in [-0.25, -0.2) is 0 Å². The van der Waals surface area contributed by atoms with Crippen LogP contribution in [0, 0.1) is 17.8 Å². The van der Waals surface area contributed by atoms with Gasteiger partial charge in [-0.05, 0) is 66.9 Å². The number of aliphatic hydroxyl groups excluding tert-OH is 1. The van der Waals surface area contributed by atoms with Crippen molar-refractivity contribution in [1.29, 1.82) is 0 Å². The minimum absolute atomic E-state index is 0.0637. The Morgan fingerprint density at radius 2 is 1.81 bits per heavy atom. The molecule has 1 nitrogen and oxygen atoms in total. The van der Waals surface area contributed by atoms with Gasteiger partial charge < -0.3 is 5.11 Å². The molecular formula is C20H28O. The molecule has 2 fully saturated rings. The smallest absolute Gasteiger partial charge is 0.0574 e. The SMILES string of the molecule is OC(CC1Cc2ccccc21)C1CCC2CCCCC2C1. The lowest BCUT2D eigenvalue weighted by Gasteiger charge is -2.42. The first-order valence-corrected chi connectivity index (χ1v) is 9.07. The van der Waals surface area contributed by atoms with E-state index in [-0.39, 0.29) is 6.10 Å². The first kappa shape index (κ1) is 13.8. The molecule has 1 N–H and O–H groups in total. The van der Waals surface area contributed by atoms with Gasteiger partial charge in [0.1, 0.15) is 0 Å². The van der Waals surface area contributed by atoms with Gasteiger partial charge in [-0.1, -0.05) is 49.9 Å². The normalized spacial score (nSPS) is 36.2. The predicted molar refractivity (Wildman–Crippen MR) is 86.3 cm³/mol. The van der Waals surface area contributed by atoms with Crippen molar-refractivity contribution in [3.63, 3.8) is 0 Å². The highest BCUT2D eigenvalue weighted by Crippen LogP contribution is 2.46. The quantitative estimate of drug-likeness (QED) is 0.854. The molecule has 0 radical (unpaired) electrons. The van der Waals surface area contributed by atoms with Crippen molar-refractivity contribution >= 4 is 0 Å². The van der Waals surface area contributed by atoms with Crippen LogP contribution < -0.4 is 0 Å². The Balaban J connectivity index is 1.35. The third-order valence-corrected chi connectivity index (χ3v) is 6.61. The molecule has 5 atom stereocenters. The number of benzene rings is 1. The highest BCUT2D eigenvalue weighted by Gasteiger charge is 2.36. The average molecular weight is 284 g/mol. The molecule has 0 amide bonds.